The highest BCUT2D eigenvalue weighted by Gasteiger charge is 2.65. The molecule has 3 fully saturated rings. The number of hydrogen-bond acceptors (Lipinski definition) is 2. The van der Waals surface area contributed by atoms with E-state index in [-0.39, 0.29) is 18.0 Å². The minimum absolute atomic E-state index is 0.168. The fourth-order valence-electron chi connectivity index (χ4n) is 4.67. The van der Waals surface area contributed by atoms with E-state index >= 15 is 0 Å². The molecule has 1 aliphatic heterocycles. The van der Waals surface area contributed by atoms with Crippen molar-refractivity contribution in [3.63, 3.8) is 0 Å². The Hall–Kier alpha value is -0.980. The normalized spacial score (nSPS) is 32.7. The van der Waals surface area contributed by atoms with Crippen LogP contribution in [0.25, 0.3) is 0 Å². The average molecular weight is 333 g/mol. The molecule has 4 nitrogen and oxygen atoms in total. The first-order valence-corrected chi connectivity index (χ1v) is 8.69. The molecule has 3 atom stereocenters. The van der Waals surface area contributed by atoms with Crippen LogP contribution in [0.1, 0.15) is 45.4 Å². The van der Waals surface area contributed by atoms with Gasteiger partial charge >= 0.3 is 6.18 Å². The average Bonchev–Trinajstić information content (AvgIpc) is 3.11. The molecule has 2 saturated carbocycles. The molecular weight excluding hydrogens is 307 g/mol. The second-order valence-electron chi connectivity index (χ2n) is 6.93. The zero-order valence-corrected chi connectivity index (χ0v) is 13.6. The van der Waals surface area contributed by atoms with Gasteiger partial charge in [0.05, 0.1) is 19.1 Å². The third-order valence-electron chi connectivity index (χ3n) is 5.59. The van der Waals surface area contributed by atoms with Crippen LogP contribution in [0.5, 0.6) is 0 Å². The summed E-state index contributed by atoms with van der Waals surface area (Å²) in [7, 11) is 0. The predicted molar refractivity (Wildman–Crippen MR) is 82.3 cm³/mol. The Morgan fingerprint density at radius 3 is 2.70 bits per heavy atom. The molecule has 0 aromatic heterocycles. The number of nitrogens with zero attached hydrogens (tertiary/aromatic N) is 1. The molecule has 0 bridgehead atoms. The molecule has 2 N–H and O–H groups in total. The molecule has 3 aliphatic rings. The van der Waals surface area contributed by atoms with E-state index in [1.54, 1.807) is 0 Å². The van der Waals surface area contributed by atoms with Gasteiger partial charge in [-0.15, -0.1) is 0 Å². The first-order valence-electron chi connectivity index (χ1n) is 8.69. The molecule has 0 aromatic rings. The third kappa shape index (κ3) is 3.30. The Morgan fingerprint density at radius 1 is 1.30 bits per heavy atom. The van der Waals surface area contributed by atoms with Gasteiger partial charge in [0, 0.05) is 30.5 Å². The number of rotatable bonds is 4. The van der Waals surface area contributed by atoms with E-state index in [0.717, 1.165) is 25.9 Å². The summed E-state index contributed by atoms with van der Waals surface area (Å²) in [6.45, 7) is 3.14. The van der Waals surface area contributed by atoms with Gasteiger partial charge in [-0.05, 0) is 26.2 Å². The first-order chi connectivity index (χ1) is 11.0. The molecule has 0 radical (unpaired) electrons. The van der Waals surface area contributed by atoms with Crippen molar-refractivity contribution in [3.8, 4) is 0 Å². The van der Waals surface area contributed by atoms with Crippen LogP contribution in [0.2, 0.25) is 0 Å². The van der Waals surface area contributed by atoms with Crippen molar-refractivity contribution in [2.75, 3.05) is 19.7 Å². The largest absolute Gasteiger partial charge is 0.390 e. The van der Waals surface area contributed by atoms with Crippen molar-refractivity contribution < 1.29 is 17.9 Å². The van der Waals surface area contributed by atoms with Gasteiger partial charge in [-0.25, -0.2) is 0 Å². The molecule has 132 valence electrons. The van der Waals surface area contributed by atoms with Gasteiger partial charge < -0.3 is 15.4 Å². The summed E-state index contributed by atoms with van der Waals surface area (Å²) in [5, 5.41) is 6.52. The molecule has 1 saturated heterocycles. The lowest BCUT2D eigenvalue weighted by atomic mass is 9.54. The number of nitrogens with one attached hydrogen (secondary N) is 2. The van der Waals surface area contributed by atoms with Crippen molar-refractivity contribution in [1.82, 2.24) is 10.6 Å². The Kier molecular flexibility index (Phi) is 4.76. The summed E-state index contributed by atoms with van der Waals surface area (Å²) in [5.74, 6) is 0.984. The van der Waals surface area contributed by atoms with Gasteiger partial charge in [0.1, 0.15) is 0 Å². The van der Waals surface area contributed by atoms with Crippen LogP contribution in [0.4, 0.5) is 13.2 Å². The van der Waals surface area contributed by atoms with Crippen LogP contribution in [0, 0.1) is 11.3 Å². The first kappa shape index (κ1) is 16.9. The summed E-state index contributed by atoms with van der Waals surface area (Å²) in [6, 6.07) is 0.279. The van der Waals surface area contributed by atoms with Gasteiger partial charge in [0.25, 0.3) is 0 Å². The van der Waals surface area contributed by atoms with Crippen LogP contribution >= 0.6 is 0 Å². The fraction of sp³-hybridized carbons (Fsp3) is 0.938. The van der Waals surface area contributed by atoms with Crippen LogP contribution in [0.3, 0.4) is 0 Å². The summed E-state index contributed by atoms with van der Waals surface area (Å²) < 4.78 is 42.9. The van der Waals surface area contributed by atoms with E-state index in [1.165, 1.54) is 12.8 Å². The van der Waals surface area contributed by atoms with Crippen molar-refractivity contribution in [2.45, 2.75) is 63.8 Å². The number of halogens is 3. The van der Waals surface area contributed by atoms with Gasteiger partial charge in [0.2, 0.25) is 0 Å². The number of aliphatic imine (C=N–C) groups is 1. The molecule has 1 spiro atoms. The zero-order valence-electron chi connectivity index (χ0n) is 13.6. The highest BCUT2D eigenvalue weighted by molar-refractivity contribution is 5.80. The highest BCUT2D eigenvalue weighted by atomic mass is 19.4. The van der Waals surface area contributed by atoms with E-state index in [1.807, 2.05) is 6.92 Å². The Balaban J connectivity index is 1.65. The van der Waals surface area contributed by atoms with E-state index < -0.39 is 12.6 Å². The number of guanidine groups is 1. The topological polar surface area (TPSA) is 45.7 Å². The van der Waals surface area contributed by atoms with Crippen molar-refractivity contribution >= 4 is 5.96 Å². The Bertz CT molecular complexity index is 446. The summed E-state index contributed by atoms with van der Waals surface area (Å²) in [6.07, 6.45) is 1.05. The molecule has 2 aliphatic carbocycles. The smallest absolute Gasteiger partial charge is 0.377 e. The van der Waals surface area contributed by atoms with E-state index in [0.29, 0.717) is 24.5 Å². The maximum absolute atomic E-state index is 12.3. The molecule has 0 aromatic carbocycles. The Morgan fingerprint density at radius 2 is 2.04 bits per heavy atom. The van der Waals surface area contributed by atoms with Gasteiger partial charge in [-0.3, -0.25) is 4.99 Å². The SMILES string of the molecule is CCNC(=NCCC(F)(F)F)NC1C2CCOC2C12CCCC2. The van der Waals surface area contributed by atoms with Gasteiger partial charge in [-0.2, -0.15) is 13.2 Å². The maximum Gasteiger partial charge on any atom is 0.390 e. The number of fused-ring (bicyclic) bond motifs is 2. The molecule has 3 unspecified atom stereocenters. The van der Waals surface area contributed by atoms with Crippen molar-refractivity contribution in [2.24, 2.45) is 16.3 Å². The Labute approximate surface area is 135 Å². The number of hydrogen-bond donors (Lipinski definition) is 2. The lowest BCUT2D eigenvalue weighted by Crippen LogP contribution is -2.69. The minimum atomic E-state index is -4.16. The van der Waals surface area contributed by atoms with Crippen molar-refractivity contribution in [1.29, 1.82) is 0 Å². The van der Waals surface area contributed by atoms with Crippen LogP contribution in [-0.2, 0) is 4.74 Å². The van der Waals surface area contributed by atoms with E-state index in [2.05, 4.69) is 15.6 Å². The fourth-order valence-corrected chi connectivity index (χ4v) is 4.67. The van der Waals surface area contributed by atoms with E-state index in [4.69, 9.17) is 4.74 Å². The molecule has 7 heteroatoms. The number of alkyl halides is 3. The third-order valence-corrected chi connectivity index (χ3v) is 5.59. The van der Waals surface area contributed by atoms with Crippen LogP contribution < -0.4 is 10.6 Å². The lowest BCUT2D eigenvalue weighted by Gasteiger charge is -2.57. The van der Waals surface area contributed by atoms with Gasteiger partial charge in [0.15, 0.2) is 5.96 Å². The van der Waals surface area contributed by atoms with Crippen molar-refractivity contribution in [3.05, 3.63) is 0 Å². The van der Waals surface area contributed by atoms with Gasteiger partial charge in [-0.1, -0.05) is 12.8 Å². The highest BCUT2D eigenvalue weighted by Crippen LogP contribution is 2.60. The summed E-state index contributed by atoms with van der Waals surface area (Å²) in [5.41, 5.74) is 0.168. The quantitative estimate of drug-likeness (QED) is 0.614. The standard InChI is InChI=1S/C16H26F3N3O/c1-2-20-14(21-9-8-16(17,18)19)22-12-11-5-10-23-13(11)15(12)6-3-4-7-15/h11-13H,2-10H2,1H3,(H2,20,21,22). The molecular formula is C16H26F3N3O. The number of ether oxygens (including phenoxy) is 1. The monoisotopic (exact) mass is 333 g/mol. The molecule has 3 rings (SSSR count). The van der Waals surface area contributed by atoms with Crippen LogP contribution in [0.15, 0.2) is 4.99 Å². The van der Waals surface area contributed by atoms with Crippen LogP contribution in [-0.4, -0.2) is 44.0 Å². The lowest BCUT2D eigenvalue weighted by molar-refractivity contribution is -0.132. The zero-order chi connectivity index (χ0) is 16.5. The molecule has 1 heterocycles. The second-order valence-corrected chi connectivity index (χ2v) is 6.93. The summed E-state index contributed by atoms with van der Waals surface area (Å²) >= 11 is 0. The minimum Gasteiger partial charge on any atom is -0.377 e. The second kappa shape index (κ2) is 6.49. The maximum atomic E-state index is 12.3. The molecule has 23 heavy (non-hydrogen) atoms. The van der Waals surface area contributed by atoms with E-state index in [9.17, 15) is 13.2 Å². The predicted octanol–water partition coefficient (Wildman–Crippen LogP) is 2.84. The molecule has 0 amide bonds. The summed E-state index contributed by atoms with van der Waals surface area (Å²) in [4.78, 5) is 4.12.